The molecular formula is C30H32O7S. The zero-order valence-corrected chi connectivity index (χ0v) is 22.3. The third kappa shape index (κ3) is 7.23. The number of thioether (sulfide) groups is 1. The fourth-order valence-electron chi connectivity index (χ4n) is 4.21. The van der Waals surface area contributed by atoms with Crippen LogP contribution in [0.5, 0.6) is 0 Å². The summed E-state index contributed by atoms with van der Waals surface area (Å²) in [6.07, 6.45) is -3.62. The van der Waals surface area contributed by atoms with E-state index in [9.17, 15) is 9.59 Å². The van der Waals surface area contributed by atoms with E-state index in [0.717, 1.165) is 11.1 Å². The summed E-state index contributed by atoms with van der Waals surface area (Å²) in [7, 11) is 1.31. The van der Waals surface area contributed by atoms with E-state index in [4.69, 9.17) is 23.7 Å². The molecule has 0 saturated carbocycles. The van der Waals surface area contributed by atoms with Crippen LogP contribution in [0.3, 0.4) is 0 Å². The number of hydrogen-bond donors (Lipinski definition) is 0. The van der Waals surface area contributed by atoms with Crippen molar-refractivity contribution in [3.05, 3.63) is 108 Å². The smallest absolute Gasteiger partial charge is 0.338 e. The molecular weight excluding hydrogens is 504 g/mol. The molecule has 0 aromatic heterocycles. The third-order valence-electron chi connectivity index (χ3n) is 6.08. The maximum atomic E-state index is 13.2. The first-order valence-electron chi connectivity index (χ1n) is 12.5. The molecule has 38 heavy (non-hydrogen) atoms. The maximum Gasteiger partial charge on any atom is 0.338 e. The topological polar surface area (TPSA) is 80.3 Å². The van der Waals surface area contributed by atoms with Crippen LogP contribution in [0.15, 0.2) is 91.0 Å². The van der Waals surface area contributed by atoms with Crippen molar-refractivity contribution in [2.75, 3.05) is 12.9 Å². The van der Waals surface area contributed by atoms with E-state index in [0.29, 0.717) is 11.3 Å². The van der Waals surface area contributed by atoms with Crippen LogP contribution in [0.2, 0.25) is 0 Å². The van der Waals surface area contributed by atoms with Gasteiger partial charge in [0.1, 0.15) is 17.6 Å². The molecule has 1 heterocycles. The summed E-state index contributed by atoms with van der Waals surface area (Å²) in [6.45, 7) is 2.40. The highest BCUT2D eigenvalue weighted by Gasteiger charge is 2.52. The average Bonchev–Trinajstić information content (AvgIpc) is 2.97. The van der Waals surface area contributed by atoms with Crippen molar-refractivity contribution >= 4 is 23.7 Å². The Balaban J connectivity index is 1.67. The summed E-state index contributed by atoms with van der Waals surface area (Å²) in [4.78, 5) is 26.1. The fraction of sp³-hybridized carbons (Fsp3) is 0.333. The second kappa shape index (κ2) is 14.1. The minimum Gasteiger partial charge on any atom is -0.467 e. The highest BCUT2D eigenvalue weighted by Crippen LogP contribution is 2.35. The standard InChI is InChI=1S/C30H32O7S/c1-3-38-30-27(36-28(31)23-17-11-6-12-18-23)25(35-20-22-15-9-5-10-16-22)24(26(37-30)29(32)33-2)34-19-21-13-7-4-8-14-21/h4-18,24-27,30H,3,19-20H2,1-2H3/t24-,25-,26-,27+,30-/m0/s1. The molecule has 0 amide bonds. The van der Waals surface area contributed by atoms with Gasteiger partial charge in [-0.05, 0) is 29.0 Å². The molecule has 1 fully saturated rings. The molecule has 1 aliphatic heterocycles. The lowest BCUT2D eigenvalue weighted by Crippen LogP contribution is -2.62. The number of esters is 2. The van der Waals surface area contributed by atoms with Gasteiger partial charge in [0.25, 0.3) is 0 Å². The lowest BCUT2D eigenvalue weighted by atomic mass is 9.98. The van der Waals surface area contributed by atoms with E-state index in [1.165, 1.54) is 18.9 Å². The van der Waals surface area contributed by atoms with Crippen LogP contribution >= 0.6 is 11.8 Å². The Morgan fingerprint density at radius 1 is 0.763 bits per heavy atom. The minimum absolute atomic E-state index is 0.207. The predicted octanol–water partition coefficient (Wildman–Crippen LogP) is 5.03. The maximum absolute atomic E-state index is 13.2. The summed E-state index contributed by atoms with van der Waals surface area (Å²) >= 11 is 1.43. The van der Waals surface area contributed by atoms with Crippen molar-refractivity contribution < 1.29 is 33.3 Å². The monoisotopic (exact) mass is 536 g/mol. The van der Waals surface area contributed by atoms with Crippen molar-refractivity contribution in [2.45, 2.75) is 50.0 Å². The van der Waals surface area contributed by atoms with Gasteiger partial charge in [0, 0.05) is 0 Å². The van der Waals surface area contributed by atoms with E-state index >= 15 is 0 Å². The normalized spacial score (nSPS) is 22.9. The van der Waals surface area contributed by atoms with Crippen molar-refractivity contribution in [1.29, 1.82) is 0 Å². The fourth-order valence-corrected chi connectivity index (χ4v) is 5.14. The van der Waals surface area contributed by atoms with Crippen LogP contribution in [-0.4, -0.2) is 54.7 Å². The van der Waals surface area contributed by atoms with E-state index in [2.05, 4.69) is 0 Å². The molecule has 4 rings (SSSR count). The zero-order valence-electron chi connectivity index (χ0n) is 21.4. The lowest BCUT2D eigenvalue weighted by molar-refractivity contribution is -0.237. The Morgan fingerprint density at radius 3 is 1.82 bits per heavy atom. The summed E-state index contributed by atoms with van der Waals surface area (Å²) < 4.78 is 30.1. The van der Waals surface area contributed by atoms with Crippen molar-refractivity contribution in [1.82, 2.24) is 0 Å². The Hall–Kier alpha value is -3.17. The molecule has 8 heteroatoms. The molecule has 200 valence electrons. The Labute approximate surface area is 227 Å². The van der Waals surface area contributed by atoms with E-state index in [1.54, 1.807) is 24.3 Å². The Morgan fingerprint density at radius 2 is 1.29 bits per heavy atom. The van der Waals surface area contributed by atoms with Gasteiger partial charge in [0.15, 0.2) is 12.2 Å². The number of methoxy groups -OCH3 is 1. The summed E-state index contributed by atoms with van der Waals surface area (Å²) in [5.41, 5.74) is 1.59. The highest BCUT2D eigenvalue weighted by atomic mass is 32.2. The van der Waals surface area contributed by atoms with Gasteiger partial charge in [-0.3, -0.25) is 0 Å². The second-order valence-electron chi connectivity index (χ2n) is 8.66. The molecule has 5 atom stereocenters. The predicted molar refractivity (Wildman–Crippen MR) is 144 cm³/mol. The Bertz CT molecular complexity index is 1140. The van der Waals surface area contributed by atoms with Crippen molar-refractivity contribution in [3.63, 3.8) is 0 Å². The SMILES string of the molecule is CCS[C@@H]1O[C@H](C(=O)OC)[C@@H](OCc2ccccc2)[C@H](OCc2ccccc2)[C@H]1OC(=O)c1ccccc1. The van der Waals surface area contributed by atoms with E-state index in [1.807, 2.05) is 73.7 Å². The number of hydrogen-bond acceptors (Lipinski definition) is 8. The average molecular weight is 537 g/mol. The van der Waals surface area contributed by atoms with Gasteiger partial charge < -0.3 is 23.7 Å². The summed E-state index contributed by atoms with van der Waals surface area (Å²) in [5, 5.41) is 0. The zero-order chi connectivity index (χ0) is 26.7. The van der Waals surface area contributed by atoms with Crippen molar-refractivity contribution in [2.24, 2.45) is 0 Å². The molecule has 0 unspecified atom stereocenters. The molecule has 0 bridgehead atoms. The van der Waals surface area contributed by atoms with E-state index in [-0.39, 0.29) is 13.2 Å². The van der Waals surface area contributed by atoms with Gasteiger partial charge in [-0.15, -0.1) is 11.8 Å². The molecule has 0 radical (unpaired) electrons. The van der Waals surface area contributed by atoms with Gasteiger partial charge in [-0.25, -0.2) is 9.59 Å². The minimum atomic E-state index is -1.07. The molecule has 3 aromatic rings. The molecule has 0 spiro atoms. The third-order valence-corrected chi connectivity index (χ3v) is 7.12. The number of rotatable bonds is 11. The number of carbonyl (C=O) groups excluding carboxylic acids is 2. The van der Waals surface area contributed by atoms with Gasteiger partial charge in [0.05, 0.1) is 25.9 Å². The molecule has 0 aliphatic carbocycles. The molecule has 3 aromatic carbocycles. The Kier molecular flexibility index (Phi) is 10.3. The summed E-state index contributed by atoms with van der Waals surface area (Å²) in [6, 6.07) is 28.0. The summed E-state index contributed by atoms with van der Waals surface area (Å²) in [5.74, 6) is -0.419. The van der Waals surface area contributed by atoms with Crippen LogP contribution in [0, 0.1) is 0 Å². The second-order valence-corrected chi connectivity index (χ2v) is 10.0. The van der Waals surface area contributed by atoms with Gasteiger partial charge >= 0.3 is 11.9 Å². The molecule has 1 saturated heterocycles. The van der Waals surface area contributed by atoms with Crippen LogP contribution < -0.4 is 0 Å². The molecule has 1 aliphatic rings. The number of benzene rings is 3. The lowest BCUT2D eigenvalue weighted by Gasteiger charge is -2.44. The van der Waals surface area contributed by atoms with Gasteiger partial charge in [0.2, 0.25) is 0 Å². The highest BCUT2D eigenvalue weighted by molar-refractivity contribution is 7.99. The van der Waals surface area contributed by atoms with E-state index < -0.39 is 41.8 Å². The number of ether oxygens (including phenoxy) is 5. The first-order valence-corrected chi connectivity index (χ1v) is 13.6. The van der Waals surface area contributed by atoms with Crippen molar-refractivity contribution in [3.8, 4) is 0 Å². The van der Waals surface area contributed by atoms with Crippen LogP contribution in [-0.2, 0) is 41.7 Å². The molecule has 7 nitrogen and oxygen atoms in total. The van der Waals surface area contributed by atoms with Crippen LogP contribution in [0.1, 0.15) is 28.4 Å². The number of carbonyl (C=O) groups is 2. The molecule has 0 N–H and O–H groups in total. The first kappa shape index (κ1) is 27.9. The quantitative estimate of drug-likeness (QED) is 0.316. The van der Waals surface area contributed by atoms with Crippen LogP contribution in [0.25, 0.3) is 0 Å². The van der Waals surface area contributed by atoms with Crippen LogP contribution in [0.4, 0.5) is 0 Å². The largest absolute Gasteiger partial charge is 0.467 e. The van der Waals surface area contributed by atoms with Gasteiger partial charge in [-0.1, -0.05) is 85.8 Å². The first-order chi connectivity index (χ1) is 18.6. The van der Waals surface area contributed by atoms with Gasteiger partial charge in [-0.2, -0.15) is 0 Å².